The molecule has 5 rings (SSSR count). The number of rotatable bonds is 12. The SMILES string of the molecule is O=C(c1ccc(Sc2ccccc2)cc1)c1ccc(S(OS(=O)(=O)C(F)(F)C(F)(F)C(F)(F)C(F)(F)F)(c2ccccc2)c2ccccc2)cc1. The van der Waals surface area contributed by atoms with Gasteiger partial charge >= 0.3 is 33.4 Å². The molecule has 4 nitrogen and oxygen atoms in total. The molecule has 0 saturated carbocycles. The van der Waals surface area contributed by atoms with Crippen molar-refractivity contribution in [2.24, 2.45) is 0 Å². The minimum atomic E-state index is -7.51. The molecule has 0 aliphatic rings. The van der Waals surface area contributed by atoms with E-state index in [-0.39, 0.29) is 25.8 Å². The lowest BCUT2D eigenvalue weighted by Crippen LogP contribution is -2.63. The highest BCUT2D eigenvalue weighted by Gasteiger charge is 2.86. The molecule has 5 aromatic rings. The predicted molar refractivity (Wildman–Crippen MR) is 173 cm³/mol. The van der Waals surface area contributed by atoms with Gasteiger partial charge < -0.3 is 0 Å². The van der Waals surface area contributed by atoms with Crippen LogP contribution in [0.1, 0.15) is 15.9 Å². The summed E-state index contributed by atoms with van der Waals surface area (Å²) in [5, 5.41) is -7.11. The molecule has 0 bridgehead atoms. The molecule has 0 aliphatic carbocycles. The van der Waals surface area contributed by atoms with Crippen LogP contribution in [0, 0.1) is 0 Å². The van der Waals surface area contributed by atoms with Crippen molar-refractivity contribution in [2.75, 3.05) is 0 Å². The second-order valence-electron chi connectivity index (χ2n) is 10.7. The summed E-state index contributed by atoms with van der Waals surface area (Å²) in [5.41, 5.74) is 0.248. The molecule has 0 fully saturated rings. The van der Waals surface area contributed by atoms with Crippen molar-refractivity contribution in [1.82, 2.24) is 0 Å². The van der Waals surface area contributed by atoms with Gasteiger partial charge in [-0.2, -0.15) is 47.9 Å². The Morgan fingerprint density at radius 2 is 0.863 bits per heavy atom. The molecule has 0 spiro atoms. The lowest BCUT2D eigenvalue weighted by atomic mass is 10.0. The van der Waals surface area contributed by atoms with E-state index in [0.29, 0.717) is 0 Å². The third kappa shape index (κ3) is 7.01. The van der Waals surface area contributed by atoms with Crippen LogP contribution in [0.15, 0.2) is 164 Å². The van der Waals surface area contributed by atoms with Gasteiger partial charge in [-0.05, 0) is 95.2 Å². The van der Waals surface area contributed by atoms with Crippen LogP contribution in [-0.2, 0) is 13.7 Å². The van der Waals surface area contributed by atoms with Gasteiger partial charge in [0.2, 0.25) is 0 Å². The number of hydrogen-bond donors (Lipinski definition) is 0. The molecule has 0 aliphatic heterocycles. The van der Waals surface area contributed by atoms with Crippen LogP contribution in [0.25, 0.3) is 0 Å². The van der Waals surface area contributed by atoms with E-state index < -0.39 is 49.5 Å². The smallest absolute Gasteiger partial charge is 0.289 e. The summed E-state index contributed by atoms with van der Waals surface area (Å²) in [4.78, 5) is 14.4. The Labute approximate surface area is 291 Å². The zero-order chi connectivity index (χ0) is 37.3. The number of carbonyl (C=O) groups is 1. The highest BCUT2D eigenvalue weighted by molar-refractivity contribution is 8.33. The number of benzene rings is 5. The third-order valence-corrected chi connectivity index (χ3v) is 13.6. The molecule has 51 heavy (non-hydrogen) atoms. The summed E-state index contributed by atoms with van der Waals surface area (Å²) in [5.74, 6) is -15.5. The van der Waals surface area contributed by atoms with Crippen molar-refractivity contribution >= 4 is 38.0 Å². The maximum Gasteiger partial charge on any atom is 0.460 e. The van der Waals surface area contributed by atoms with E-state index in [0.717, 1.165) is 21.9 Å². The van der Waals surface area contributed by atoms with Gasteiger partial charge in [0.1, 0.15) is 0 Å². The normalized spacial score (nSPS) is 13.5. The molecule has 0 aromatic heterocycles. The van der Waals surface area contributed by atoms with Gasteiger partial charge in [-0.1, -0.05) is 66.4 Å². The van der Waals surface area contributed by atoms with Gasteiger partial charge in [-0.15, -0.1) is 0 Å². The standard InChI is InChI=1S/C35H23F9O4S3/c36-32(37,34(40,41)42)33(38,39)35(43,44)51(46,47)48-50(28-12-6-2-7-13-28,29-14-8-3-9-15-29)30-22-18-25(19-23-30)31(45)24-16-20-27(21-17-24)49-26-10-4-1-5-11-26/h1-23H. The average molecular weight is 775 g/mol. The minimum Gasteiger partial charge on any atom is -0.289 e. The van der Waals surface area contributed by atoms with Gasteiger partial charge in [-0.25, -0.2) is 3.63 Å². The highest BCUT2D eigenvalue weighted by Crippen LogP contribution is 2.71. The number of ketones is 1. The fraction of sp³-hybridized carbons (Fsp3) is 0.114. The third-order valence-electron chi connectivity index (χ3n) is 7.32. The van der Waals surface area contributed by atoms with E-state index >= 15 is 8.78 Å². The van der Waals surface area contributed by atoms with Crippen molar-refractivity contribution in [3.63, 3.8) is 0 Å². The Hall–Kier alpha value is -4.25. The lowest BCUT2D eigenvalue weighted by molar-refractivity contribution is -0.382. The quantitative estimate of drug-likeness (QED) is 0.0933. The molecule has 0 saturated heterocycles. The highest BCUT2D eigenvalue weighted by atomic mass is 32.3. The maximum absolute atomic E-state index is 15.1. The number of halogens is 9. The monoisotopic (exact) mass is 774 g/mol. The molecule has 268 valence electrons. The summed E-state index contributed by atoms with van der Waals surface area (Å²) in [7, 11) is -11.6. The van der Waals surface area contributed by atoms with Crippen molar-refractivity contribution in [3.05, 3.63) is 151 Å². The van der Waals surface area contributed by atoms with Crippen LogP contribution < -0.4 is 0 Å². The van der Waals surface area contributed by atoms with Crippen molar-refractivity contribution in [3.8, 4) is 0 Å². The fourth-order valence-corrected chi connectivity index (χ4v) is 10.8. The van der Waals surface area contributed by atoms with Gasteiger partial charge in [-0.3, -0.25) is 4.79 Å². The van der Waals surface area contributed by atoms with Crippen LogP contribution in [0.4, 0.5) is 39.5 Å². The molecule has 16 heteroatoms. The molecule has 0 N–H and O–H groups in total. The molecular formula is C35H23F9O4S3. The zero-order valence-electron chi connectivity index (χ0n) is 25.5. The second-order valence-corrected chi connectivity index (χ2v) is 16.3. The summed E-state index contributed by atoms with van der Waals surface area (Å²) in [6, 6.07) is 33.2. The number of carbonyl (C=O) groups excluding carboxylic acids is 1. The summed E-state index contributed by atoms with van der Waals surface area (Å²) in [6.45, 7) is 0. The Bertz CT molecular complexity index is 2040. The van der Waals surface area contributed by atoms with Gasteiger partial charge in [0.25, 0.3) is 0 Å². The largest absolute Gasteiger partial charge is 0.460 e. The first-order valence-corrected chi connectivity index (χ1v) is 18.2. The summed E-state index contributed by atoms with van der Waals surface area (Å²) < 4.78 is 157. The molecule has 0 heterocycles. The number of hydrogen-bond acceptors (Lipinski definition) is 5. The topological polar surface area (TPSA) is 60.4 Å². The van der Waals surface area contributed by atoms with Crippen LogP contribution >= 0.6 is 22.1 Å². The Morgan fingerprint density at radius 3 is 1.29 bits per heavy atom. The van der Waals surface area contributed by atoms with E-state index in [2.05, 4.69) is 0 Å². The molecule has 0 unspecified atom stereocenters. The van der Waals surface area contributed by atoms with Crippen molar-refractivity contribution in [2.45, 2.75) is 47.8 Å². The molecule has 0 amide bonds. The maximum atomic E-state index is 15.1. The first kappa shape index (κ1) is 38.0. The Balaban J connectivity index is 1.59. The van der Waals surface area contributed by atoms with E-state index in [4.69, 9.17) is 3.63 Å². The average Bonchev–Trinajstić information content (AvgIpc) is 3.11. The van der Waals surface area contributed by atoms with Crippen molar-refractivity contribution < 1.29 is 56.4 Å². The Kier molecular flexibility index (Phi) is 10.5. The minimum absolute atomic E-state index is 0.0150. The van der Waals surface area contributed by atoms with E-state index in [1.54, 1.807) is 24.3 Å². The van der Waals surface area contributed by atoms with Gasteiger partial charge in [0, 0.05) is 35.6 Å². The molecule has 0 atom stereocenters. The number of alkyl halides is 9. The fourth-order valence-electron chi connectivity index (χ4n) is 4.71. The second kappa shape index (κ2) is 14.1. The van der Waals surface area contributed by atoms with Crippen molar-refractivity contribution in [1.29, 1.82) is 0 Å². The van der Waals surface area contributed by atoms with Crippen LogP contribution in [0.2, 0.25) is 0 Å². The summed E-state index contributed by atoms with van der Waals surface area (Å²) in [6.07, 6.45) is -7.26. The lowest BCUT2D eigenvalue weighted by Gasteiger charge is -2.41. The van der Waals surface area contributed by atoms with Gasteiger partial charge in [0.15, 0.2) is 5.78 Å². The molecule has 5 aromatic carbocycles. The zero-order valence-corrected chi connectivity index (χ0v) is 28.0. The van der Waals surface area contributed by atoms with E-state index in [1.165, 1.54) is 84.6 Å². The molecule has 0 radical (unpaired) electrons. The van der Waals surface area contributed by atoms with Gasteiger partial charge in [0.05, 0.1) is 0 Å². The molecular weight excluding hydrogens is 752 g/mol. The van der Waals surface area contributed by atoms with Crippen LogP contribution in [-0.4, -0.2) is 37.5 Å². The Morgan fingerprint density at radius 1 is 0.490 bits per heavy atom. The predicted octanol–water partition coefficient (Wildman–Crippen LogP) is 11.0. The van der Waals surface area contributed by atoms with E-state index in [1.807, 2.05) is 30.3 Å². The first-order valence-electron chi connectivity index (χ1n) is 14.4. The summed E-state index contributed by atoms with van der Waals surface area (Å²) >= 11 is 1.45. The first-order chi connectivity index (χ1) is 23.8. The van der Waals surface area contributed by atoms with E-state index in [9.17, 15) is 43.9 Å². The van der Waals surface area contributed by atoms with Crippen LogP contribution in [0.5, 0.6) is 0 Å². The van der Waals surface area contributed by atoms with Crippen LogP contribution in [0.3, 0.4) is 0 Å².